The Kier molecular flexibility index (Phi) is 8.48. The molecule has 2 aromatic carbocycles. The van der Waals surface area contributed by atoms with Gasteiger partial charge in [-0.2, -0.15) is 0 Å². The highest BCUT2D eigenvalue weighted by Gasteiger charge is 2.46. The average molecular weight is 538 g/mol. The maximum absolute atomic E-state index is 13.9. The van der Waals surface area contributed by atoms with Gasteiger partial charge in [0.1, 0.15) is 11.8 Å². The van der Waals surface area contributed by atoms with E-state index in [9.17, 15) is 24.0 Å². The second-order valence-electron chi connectivity index (χ2n) is 9.43. The predicted molar refractivity (Wildman–Crippen MR) is 140 cm³/mol. The number of benzene rings is 2. The summed E-state index contributed by atoms with van der Waals surface area (Å²) in [6.45, 7) is 0. The molecule has 1 aliphatic heterocycles. The monoisotopic (exact) mass is 537 g/mol. The molecule has 0 bridgehead atoms. The number of hydrogen-bond donors (Lipinski definition) is 2. The van der Waals surface area contributed by atoms with Crippen LogP contribution in [0.5, 0.6) is 5.75 Å². The van der Waals surface area contributed by atoms with Gasteiger partial charge in [-0.05, 0) is 43.2 Å². The minimum Gasteiger partial charge on any atom is -0.496 e. The third-order valence-electron chi connectivity index (χ3n) is 7.06. The van der Waals surface area contributed by atoms with Crippen LogP contribution in [0.15, 0.2) is 42.5 Å². The SMILES string of the molecule is COC(=O)c1cc(NC(=O)C[C@@H]2C(=O)N[C@H]3CCCC[C@@H]3N2C(=O)c2ccccc2OC)cc(C(=O)OC)c1. The molecule has 39 heavy (non-hydrogen) atoms. The van der Waals surface area contributed by atoms with Gasteiger partial charge in [0.15, 0.2) is 0 Å². The van der Waals surface area contributed by atoms with Gasteiger partial charge >= 0.3 is 11.9 Å². The Balaban J connectivity index is 1.63. The zero-order chi connectivity index (χ0) is 28.1. The van der Waals surface area contributed by atoms with Crippen LogP contribution in [0.2, 0.25) is 0 Å². The first kappa shape index (κ1) is 27.6. The zero-order valence-corrected chi connectivity index (χ0v) is 22.0. The van der Waals surface area contributed by atoms with Crippen molar-refractivity contribution < 1.29 is 38.2 Å². The van der Waals surface area contributed by atoms with Gasteiger partial charge < -0.3 is 29.7 Å². The number of methoxy groups -OCH3 is 3. The number of carbonyl (C=O) groups is 5. The third-order valence-corrected chi connectivity index (χ3v) is 7.06. The smallest absolute Gasteiger partial charge is 0.337 e. The first-order valence-corrected chi connectivity index (χ1v) is 12.6. The van der Waals surface area contributed by atoms with Crippen LogP contribution in [0.3, 0.4) is 0 Å². The lowest BCUT2D eigenvalue weighted by Gasteiger charge is -2.48. The van der Waals surface area contributed by atoms with Crippen LogP contribution in [-0.4, -0.2) is 74.0 Å². The fraction of sp³-hybridized carbons (Fsp3) is 0.393. The van der Waals surface area contributed by atoms with Crippen molar-refractivity contribution in [1.82, 2.24) is 10.2 Å². The summed E-state index contributed by atoms with van der Waals surface area (Å²) < 4.78 is 14.9. The van der Waals surface area contributed by atoms with Crippen molar-refractivity contribution in [1.29, 1.82) is 0 Å². The van der Waals surface area contributed by atoms with E-state index in [1.165, 1.54) is 44.4 Å². The summed E-state index contributed by atoms with van der Waals surface area (Å²) in [5, 5.41) is 5.64. The van der Waals surface area contributed by atoms with Crippen LogP contribution < -0.4 is 15.4 Å². The number of ether oxygens (including phenoxy) is 3. The summed E-state index contributed by atoms with van der Waals surface area (Å²) in [4.78, 5) is 66.1. The molecule has 2 N–H and O–H groups in total. The van der Waals surface area contributed by atoms with Gasteiger partial charge in [-0.1, -0.05) is 25.0 Å². The molecule has 11 nitrogen and oxygen atoms in total. The van der Waals surface area contributed by atoms with E-state index < -0.39 is 35.7 Å². The minimum atomic E-state index is -1.08. The lowest BCUT2D eigenvalue weighted by atomic mass is 9.84. The van der Waals surface area contributed by atoms with Crippen LogP contribution in [0.25, 0.3) is 0 Å². The second-order valence-corrected chi connectivity index (χ2v) is 9.43. The maximum atomic E-state index is 13.9. The highest BCUT2D eigenvalue weighted by molar-refractivity contribution is 6.04. The lowest BCUT2D eigenvalue weighted by molar-refractivity contribution is -0.135. The Labute approximate surface area is 225 Å². The Morgan fingerprint density at radius 3 is 2.23 bits per heavy atom. The highest BCUT2D eigenvalue weighted by Crippen LogP contribution is 2.32. The molecule has 1 saturated carbocycles. The number of piperazine rings is 1. The van der Waals surface area contributed by atoms with Crippen molar-refractivity contribution in [3.05, 3.63) is 59.2 Å². The number of nitrogens with zero attached hydrogens (tertiary/aromatic N) is 1. The molecule has 1 saturated heterocycles. The van der Waals surface area contributed by atoms with Crippen molar-refractivity contribution in [3.8, 4) is 5.75 Å². The molecule has 11 heteroatoms. The summed E-state index contributed by atoms with van der Waals surface area (Å²) in [6.07, 6.45) is 2.91. The number of carbonyl (C=O) groups excluding carboxylic acids is 5. The molecule has 3 amide bonds. The minimum absolute atomic E-state index is 0.0316. The van der Waals surface area contributed by atoms with Gasteiger partial charge in [0.2, 0.25) is 11.8 Å². The van der Waals surface area contributed by atoms with E-state index in [1.807, 2.05) is 0 Å². The molecule has 3 atom stereocenters. The predicted octanol–water partition coefficient (Wildman–Crippen LogP) is 2.55. The molecular formula is C28H31N3O8. The number of rotatable bonds is 7. The fourth-order valence-electron chi connectivity index (χ4n) is 5.25. The van der Waals surface area contributed by atoms with E-state index in [4.69, 9.17) is 14.2 Å². The Morgan fingerprint density at radius 2 is 1.59 bits per heavy atom. The molecule has 4 rings (SSSR count). The molecule has 0 radical (unpaired) electrons. The standard InChI is InChI=1S/C28H31N3O8/c1-37-23-11-7-4-8-19(23)26(34)31-21-10-6-5-9-20(21)30-25(33)22(31)15-24(32)29-18-13-16(27(35)38-2)12-17(14-18)28(36)39-3/h4,7-8,11-14,20-22H,5-6,9-10,15H2,1-3H3,(H,29,32)(H,30,33)/t20-,21-,22+/m0/s1. The van der Waals surface area contributed by atoms with Crippen LogP contribution >= 0.6 is 0 Å². The zero-order valence-electron chi connectivity index (χ0n) is 22.0. The van der Waals surface area contributed by atoms with E-state index in [0.29, 0.717) is 17.7 Å². The quantitative estimate of drug-likeness (QED) is 0.514. The number of amides is 3. The van der Waals surface area contributed by atoms with E-state index in [2.05, 4.69) is 10.6 Å². The highest BCUT2D eigenvalue weighted by atomic mass is 16.5. The van der Waals surface area contributed by atoms with Gasteiger partial charge in [0.25, 0.3) is 5.91 Å². The molecule has 2 aliphatic rings. The van der Waals surface area contributed by atoms with E-state index in [-0.39, 0.29) is 35.3 Å². The first-order valence-electron chi connectivity index (χ1n) is 12.6. The number of esters is 2. The van der Waals surface area contributed by atoms with Crippen LogP contribution in [0.1, 0.15) is 63.2 Å². The molecule has 1 aliphatic carbocycles. The van der Waals surface area contributed by atoms with Gasteiger partial charge in [0, 0.05) is 11.7 Å². The molecule has 0 unspecified atom stereocenters. The topological polar surface area (TPSA) is 140 Å². The van der Waals surface area contributed by atoms with Crippen molar-refractivity contribution >= 4 is 35.3 Å². The van der Waals surface area contributed by atoms with E-state index in [0.717, 1.165) is 19.3 Å². The maximum Gasteiger partial charge on any atom is 0.337 e. The average Bonchev–Trinajstić information content (AvgIpc) is 2.96. The summed E-state index contributed by atoms with van der Waals surface area (Å²) in [7, 11) is 3.85. The summed E-state index contributed by atoms with van der Waals surface area (Å²) in [5.41, 5.74) is 0.504. The number of para-hydroxylation sites is 1. The summed E-state index contributed by atoms with van der Waals surface area (Å²) in [5.74, 6) is -2.44. The Morgan fingerprint density at radius 1 is 0.949 bits per heavy atom. The molecule has 2 fully saturated rings. The van der Waals surface area contributed by atoms with Gasteiger partial charge in [-0.15, -0.1) is 0 Å². The van der Waals surface area contributed by atoms with Crippen molar-refractivity contribution in [2.24, 2.45) is 0 Å². The molecule has 206 valence electrons. The summed E-state index contributed by atoms with van der Waals surface area (Å²) >= 11 is 0. The number of fused-ring (bicyclic) bond motifs is 1. The molecule has 1 heterocycles. The lowest BCUT2D eigenvalue weighted by Crippen LogP contribution is -2.68. The second kappa shape index (κ2) is 12.0. The van der Waals surface area contributed by atoms with Gasteiger partial charge in [-0.25, -0.2) is 9.59 Å². The van der Waals surface area contributed by atoms with E-state index in [1.54, 1.807) is 24.3 Å². The number of hydrogen-bond acceptors (Lipinski definition) is 8. The largest absolute Gasteiger partial charge is 0.496 e. The number of nitrogens with one attached hydrogen (secondary N) is 2. The Bertz CT molecular complexity index is 1260. The number of anilines is 1. The molecular weight excluding hydrogens is 506 g/mol. The van der Waals surface area contributed by atoms with Crippen LogP contribution in [-0.2, 0) is 19.1 Å². The third kappa shape index (κ3) is 5.87. The van der Waals surface area contributed by atoms with Crippen molar-refractivity contribution in [3.63, 3.8) is 0 Å². The molecule has 0 spiro atoms. The fourth-order valence-corrected chi connectivity index (χ4v) is 5.25. The Hall–Kier alpha value is -4.41. The first-order chi connectivity index (χ1) is 18.8. The van der Waals surface area contributed by atoms with Crippen molar-refractivity contribution in [2.45, 2.75) is 50.2 Å². The van der Waals surface area contributed by atoms with Gasteiger partial charge in [0.05, 0.1) is 50.5 Å². The molecule has 2 aromatic rings. The van der Waals surface area contributed by atoms with Crippen LogP contribution in [0.4, 0.5) is 5.69 Å². The normalized spacial score (nSPS) is 20.2. The molecule has 0 aromatic heterocycles. The van der Waals surface area contributed by atoms with E-state index >= 15 is 0 Å². The van der Waals surface area contributed by atoms with Crippen LogP contribution in [0, 0.1) is 0 Å². The van der Waals surface area contributed by atoms with Gasteiger partial charge in [-0.3, -0.25) is 14.4 Å². The van der Waals surface area contributed by atoms with Crippen molar-refractivity contribution in [2.75, 3.05) is 26.6 Å². The summed E-state index contributed by atoms with van der Waals surface area (Å²) in [6, 6.07) is 9.20.